The van der Waals surface area contributed by atoms with E-state index in [2.05, 4.69) is 5.32 Å². The van der Waals surface area contributed by atoms with Crippen LogP contribution in [-0.2, 0) is 4.79 Å². The fraction of sp³-hybridized carbons (Fsp3) is 0.900. The summed E-state index contributed by atoms with van der Waals surface area (Å²) in [6.07, 6.45) is 3.50. The van der Waals surface area contributed by atoms with Crippen LogP contribution in [0.3, 0.4) is 0 Å². The lowest BCUT2D eigenvalue weighted by molar-refractivity contribution is -0.123. The molecule has 0 saturated heterocycles. The van der Waals surface area contributed by atoms with E-state index < -0.39 is 0 Å². The molecule has 4 nitrogen and oxygen atoms in total. The Hall–Kier alpha value is -0.610. The minimum absolute atomic E-state index is 0.0857. The quantitative estimate of drug-likeness (QED) is 0.591. The van der Waals surface area contributed by atoms with Gasteiger partial charge in [-0.1, -0.05) is 0 Å². The SMILES string of the molecule is CC(N)CCCC(=O)NC1CC(O)C1. The third-order valence-corrected chi connectivity index (χ3v) is 2.54. The molecule has 1 aliphatic rings. The summed E-state index contributed by atoms with van der Waals surface area (Å²) in [5.41, 5.74) is 5.57. The highest BCUT2D eigenvalue weighted by molar-refractivity contribution is 5.76. The summed E-state index contributed by atoms with van der Waals surface area (Å²) in [6, 6.07) is 0.376. The fourth-order valence-corrected chi connectivity index (χ4v) is 1.59. The van der Waals surface area contributed by atoms with E-state index in [0.717, 1.165) is 12.8 Å². The average molecular weight is 200 g/mol. The van der Waals surface area contributed by atoms with Gasteiger partial charge in [0.2, 0.25) is 5.91 Å². The fourth-order valence-electron chi connectivity index (χ4n) is 1.59. The van der Waals surface area contributed by atoms with Gasteiger partial charge in [-0.05, 0) is 32.6 Å². The van der Waals surface area contributed by atoms with Crippen LogP contribution in [0.25, 0.3) is 0 Å². The third kappa shape index (κ3) is 4.07. The van der Waals surface area contributed by atoms with E-state index in [1.165, 1.54) is 0 Å². The zero-order valence-electron chi connectivity index (χ0n) is 8.70. The number of rotatable bonds is 5. The summed E-state index contributed by atoms with van der Waals surface area (Å²) in [6.45, 7) is 1.94. The Kier molecular flexibility index (Phi) is 4.35. The second-order valence-electron chi connectivity index (χ2n) is 4.26. The Labute approximate surface area is 84.9 Å². The van der Waals surface area contributed by atoms with E-state index in [-0.39, 0.29) is 24.1 Å². The molecule has 0 spiro atoms. The molecule has 4 N–H and O–H groups in total. The van der Waals surface area contributed by atoms with E-state index in [1.807, 2.05) is 6.92 Å². The maximum absolute atomic E-state index is 11.3. The standard InChI is InChI=1S/C10H20N2O2/c1-7(11)3-2-4-10(14)12-8-5-9(13)6-8/h7-9,13H,2-6,11H2,1H3,(H,12,14). The molecule has 0 heterocycles. The number of carbonyl (C=O) groups is 1. The molecule has 1 saturated carbocycles. The van der Waals surface area contributed by atoms with E-state index in [1.54, 1.807) is 0 Å². The van der Waals surface area contributed by atoms with Crippen LogP contribution in [0.4, 0.5) is 0 Å². The Balaban J connectivity index is 1.99. The van der Waals surface area contributed by atoms with Crippen LogP contribution in [-0.4, -0.2) is 29.2 Å². The summed E-state index contributed by atoms with van der Waals surface area (Å²) >= 11 is 0. The molecule has 4 heteroatoms. The molecule has 1 amide bonds. The van der Waals surface area contributed by atoms with Crippen LogP contribution < -0.4 is 11.1 Å². The van der Waals surface area contributed by atoms with Gasteiger partial charge in [0.05, 0.1) is 6.10 Å². The lowest BCUT2D eigenvalue weighted by atomic mass is 9.89. The Morgan fingerprint density at radius 1 is 1.64 bits per heavy atom. The van der Waals surface area contributed by atoms with Crippen molar-refractivity contribution in [1.29, 1.82) is 0 Å². The molecule has 0 bridgehead atoms. The Bertz CT molecular complexity index is 189. The van der Waals surface area contributed by atoms with Crippen molar-refractivity contribution in [2.45, 2.75) is 57.2 Å². The minimum Gasteiger partial charge on any atom is -0.393 e. The molecule has 1 rings (SSSR count). The van der Waals surface area contributed by atoms with E-state index in [0.29, 0.717) is 19.3 Å². The minimum atomic E-state index is -0.204. The Morgan fingerprint density at radius 3 is 2.79 bits per heavy atom. The van der Waals surface area contributed by atoms with Gasteiger partial charge in [-0.15, -0.1) is 0 Å². The van der Waals surface area contributed by atoms with E-state index >= 15 is 0 Å². The molecule has 1 unspecified atom stereocenters. The van der Waals surface area contributed by atoms with Crippen LogP contribution in [0.2, 0.25) is 0 Å². The number of carbonyl (C=O) groups excluding carboxylic acids is 1. The van der Waals surface area contributed by atoms with Gasteiger partial charge in [0.1, 0.15) is 0 Å². The van der Waals surface area contributed by atoms with Crippen molar-refractivity contribution in [3.8, 4) is 0 Å². The number of hydrogen-bond acceptors (Lipinski definition) is 3. The first kappa shape index (κ1) is 11.5. The van der Waals surface area contributed by atoms with Crippen molar-refractivity contribution in [3.05, 3.63) is 0 Å². The molecule has 14 heavy (non-hydrogen) atoms. The number of nitrogens with one attached hydrogen (secondary N) is 1. The van der Waals surface area contributed by atoms with Gasteiger partial charge in [-0.3, -0.25) is 4.79 Å². The van der Waals surface area contributed by atoms with Crippen molar-refractivity contribution >= 4 is 5.91 Å². The third-order valence-electron chi connectivity index (χ3n) is 2.54. The van der Waals surface area contributed by atoms with Gasteiger partial charge >= 0.3 is 0 Å². The predicted molar refractivity (Wildman–Crippen MR) is 54.7 cm³/mol. The van der Waals surface area contributed by atoms with Crippen LogP contribution in [0.15, 0.2) is 0 Å². The monoisotopic (exact) mass is 200 g/mol. The second kappa shape index (κ2) is 5.32. The lowest BCUT2D eigenvalue weighted by Crippen LogP contribution is -2.46. The highest BCUT2D eigenvalue weighted by atomic mass is 16.3. The van der Waals surface area contributed by atoms with Crippen molar-refractivity contribution in [3.63, 3.8) is 0 Å². The van der Waals surface area contributed by atoms with Gasteiger partial charge in [-0.2, -0.15) is 0 Å². The molecule has 1 fully saturated rings. The first-order valence-corrected chi connectivity index (χ1v) is 5.31. The summed E-state index contributed by atoms with van der Waals surface area (Å²) in [5.74, 6) is 0.0857. The zero-order valence-corrected chi connectivity index (χ0v) is 8.70. The summed E-state index contributed by atoms with van der Waals surface area (Å²) in [7, 11) is 0. The molecule has 1 atom stereocenters. The summed E-state index contributed by atoms with van der Waals surface area (Å²) in [4.78, 5) is 11.3. The molecule has 0 radical (unpaired) electrons. The van der Waals surface area contributed by atoms with Gasteiger partial charge in [0.15, 0.2) is 0 Å². The number of aliphatic hydroxyl groups excluding tert-OH is 1. The van der Waals surface area contributed by atoms with E-state index in [4.69, 9.17) is 10.8 Å². The molecular weight excluding hydrogens is 180 g/mol. The number of amides is 1. The van der Waals surface area contributed by atoms with Crippen molar-refractivity contribution in [2.24, 2.45) is 5.73 Å². The highest BCUT2D eigenvalue weighted by Crippen LogP contribution is 2.19. The first-order valence-electron chi connectivity index (χ1n) is 5.31. The smallest absolute Gasteiger partial charge is 0.220 e. The maximum Gasteiger partial charge on any atom is 0.220 e. The predicted octanol–water partition coefficient (Wildman–Crippen LogP) is 0.143. The van der Waals surface area contributed by atoms with Crippen LogP contribution in [0, 0.1) is 0 Å². The molecule has 0 aromatic heterocycles. The van der Waals surface area contributed by atoms with Crippen LogP contribution >= 0.6 is 0 Å². The molecule has 0 aromatic rings. The van der Waals surface area contributed by atoms with Gasteiger partial charge in [-0.25, -0.2) is 0 Å². The van der Waals surface area contributed by atoms with Crippen molar-refractivity contribution in [1.82, 2.24) is 5.32 Å². The topological polar surface area (TPSA) is 75.4 Å². The van der Waals surface area contributed by atoms with Crippen molar-refractivity contribution < 1.29 is 9.90 Å². The van der Waals surface area contributed by atoms with E-state index in [9.17, 15) is 4.79 Å². The lowest BCUT2D eigenvalue weighted by Gasteiger charge is -2.31. The number of nitrogens with two attached hydrogens (primary N) is 1. The highest BCUT2D eigenvalue weighted by Gasteiger charge is 2.27. The number of hydrogen-bond donors (Lipinski definition) is 3. The second-order valence-corrected chi connectivity index (χ2v) is 4.26. The molecule has 0 aromatic carbocycles. The average Bonchev–Trinajstić information content (AvgIpc) is 2.00. The van der Waals surface area contributed by atoms with Gasteiger partial charge < -0.3 is 16.2 Å². The maximum atomic E-state index is 11.3. The normalized spacial score (nSPS) is 27.9. The molecular formula is C10H20N2O2. The van der Waals surface area contributed by atoms with Gasteiger partial charge in [0, 0.05) is 18.5 Å². The largest absolute Gasteiger partial charge is 0.393 e. The first-order chi connectivity index (χ1) is 6.58. The van der Waals surface area contributed by atoms with Crippen LogP contribution in [0.5, 0.6) is 0 Å². The van der Waals surface area contributed by atoms with Crippen molar-refractivity contribution in [2.75, 3.05) is 0 Å². The van der Waals surface area contributed by atoms with Gasteiger partial charge in [0.25, 0.3) is 0 Å². The zero-order chi connectivity index (χ0) is 10.6. The Morgan fingerprint density at radius 2 is 2.29 bits per heavy atom. The summed E-state index contributed by atoms with van der Waals surface area (Å²) < 4.78 is 0. The van der Waals surface area contributed by atoms with Crippen LogP contribution in [0.1, 0.15) is 39.0 Å². The molecule has 0 aliphatic heterocycles. The number of aliphatic hydroxyl groups is 1. The molecule has 82 valence electrons. The molecule has 1 aliphatic carbocycles. The summed E-state index contributed by atoms with van der Waals surface area (Å²) in [5, 5.41) is 11.9.